The van der Waals surface area contributed by atoms with Crippen molar-refractivity contribution in [2.24, 2.45) is 0 Å². The summed E-state index contributed by atoms with van der Waals surface area (Å²) in [5.74, 6) is 1.19. The summed E-state index contributed by atoms with van der Waals surface area (Å²) < 4.78 is 5.42. The molecule has 0 atom stereocenters. The number of aromatic hydroxyl groups is 1. The van der Waals surface area contributed by atoms with Crippen molar-refractivity contribution in [2.45, 2.75) is 6.54 Å². The van der Waals surface area contributed by atoms with Crippen LogP contribution >= 0.6 is 11.6 Å². The first-order valence-corrected chi connectivity index (χ1v) is 8.12. The second-order valence-corrected chi connectivity index (χ2v) is 6.17. The van der Waals surface area contributed by atoms with Crippen molar-refractivity contribution in [1.82, 2.24) is 4.90 Å². The molecule has 0 amide bonds. The smallest absolute Gasteiger partial charge is 0.123 e. The summed E-state index contributed by atoms with van der Waals surface area (Å²) in [4.78, 5) is 4.75. The summed E-state index contributed by atoms with van der Waals surface area (Å²) in [6.07, 6.45) is 0. The lowest BCUT2D eigenvalue weighted by atomic mass is 10.1. The van der Waals surface area contributed by atoms with E-state index in [1.807, 2.05) is 30.3 Å². The fraction of sp³-hybridized carbons (Fsp3) is 0.333. The molecule has 5 heteroatoms. The minimum atomic E-state index is 0.306. The van der Waals surface area contributed by atoms with Crippen molar-refractivity contribution in [2.75, 3.05) is 38.2 Å². The van der Waals surface area contributed by atoms with Crippen LogP contribution in [0.15, 0.2) is 42.5 Å². The van der Waals surface area contributed by atoms with E-state index in [0.29, 0.717) is 5.75 Å². The summed E-state index contributed by atoms with van der Waals surface area (Å²) in [6.45, 7) is 4.74. The van der Waals surface area contributed by atoms with E-state index in [4.69, 9.17) is 16.3 Å². The number of hydrogen-bond donors (Lipinski definition) is 1. The molecule has 0 aromatic heterocycles. The van der Waals surface area contributed by atoms with Gasteiger partial charge in [0, 0.05) is 49.0 Å². The lowest BCUT2D eigenvalue weighted by Crippen LogP contribution is -2.46. The third-order valence-electron chi connectivity index (χ3n) is 4.22. The minimum Gasteiger partial charge on any atom is -0.508 e. The number of phenolic OH excluding ortho intramolecular Hbond substituents is 1. The molecule has 0 saturated carbocycles. The molecule has 0 bridgehead atoms. The first kappa shape index (κ1) is 16.0. The van der Waals surface area contributed by atoms with Crippen molar-refractivity contribution < 1.29 is 9.84 Å². The van der Waals surface area contributed by atoms with E-state index in [9.17, 15) is 5.11 Å². The molecule has 1 heterocycles. The Kier molecular flexibility index (Phi) is 4.94. The molecule has 0 unspecified atom stereocenters. The van der Waals surface area contributed by atoms with Crippen LogP contribution in [0.4, 0.5) is 5.69 Å². The number of piperazine rings is 1. The molecular weight excluding hydrogens is 312 g/mol. The van der Waals surface area contributed by atoms with Gasteiger partial charge in [-0.15, -0.1) is 0 Å². The average molecular weight is 333 g/mol. The number of benzene rings is 2. The number of phenols is 1. The Morgan fingerprint density at radius 1 is 1.04 bits per heavy atom. The lowest BCUT2D eigenvalue weighted by molar-refractivity contribution is 0.246. The Bertz CT molecular complexity index is 653. The average Bonchev–Trinajstić information content (AvgIpc) is 2.57. The number of nitrogens with zero attached hydrogens (tertiary/aromatic N) is 2. The zero-order valence-electron chi connectivity index (χ0n) is 13.2. The van der Waals surface area contributed by atoms with E-state index >= 15 is 0 Å². The van der Waals surface area contributed by atoms with Gasteiger partial charge in [0.2, 0.25) is 0 Å². The molecule has 1 N–H and O–H groups in total. The van der Waals surface area contributed by atoms with E-state index in [1.165, 1.54) is 0 Å². The Morgan fingerprint density at radius 3 is 2.39 bits per heavy atom. The van der Waals surface area contributed by atoms with E-state index in [0.717, 1.165) is 54.7 Å². The van der Waals surface area contributed by atoms with Crippen LogP contribution < -0.4 is 9.64 Å². The zero-order valence-corrected chi connectivity index (χ0v) is 14.0. The monoisotopic (exact) mass is 332 g/mol. The Labute approximate surface area is 141 Å². The predicted molar refractivity (Wildman–Crippen MR) is 93.6 cm³/mol. The quantitative estimate of drug-likeness (QED) is 0.931. The van der Waals surface area contributed by atoms with E-state index in [-0.39, 0.29) is 0 Å². The van der Waals surface area contributed by atoms with Gasteiger partial charge in [0.1, 0.15) is 11.5 Å². The van der Waals surface area contributed by atoms with Gasteiger partial charge in [0.05, 0.1) is 7.11 Å². The fourth-order valence-corrected chi connectivity index (χ4v) is 3.13. The van der Waals surface area contributed by atoms with Crippen LogP contribution in [-0.2, 0) is 6.54 Å². The molecule has 1 fully saturated rings. The topological polar surface area (TPSA) is 35.9 Å². The van der Waals surface area contributed by atoms with Crippen LogP contribution in [0, 0.1) is 0 Å². The maximum absolute atomic E-state index is 9.38. The van der Waals surface area contributed by atoms with Crippen LogP contribution in [0.25, 0.3) is 0 Å². The largest absolute Gasteiger partial charge is 0.508 e. The first-order chi connectivity index (χ1) is 11.2. The van der Waals surface area contributed by atoms with Crippen LogP contribution in [0.2, 0.25) is 5.02 Å². The van der Waals surface area contributed by atoms with Crippen molar-refractivity contribution in [3.8, 4) is 11.5 Å². The third-order valence-corrected chi connectivity index (χ3v) is 4.46. The summed E-state index contributed by atoms with van der Waals surface area (Å²) in [6, 6.07) is 13.1. The molecule has 0 aliphatic carbocycles. The van der Waals surface area contributed by atoms with Gasteiger partial charge in [-0.25, -0.2) is 0 Å². The molecule has 23 heavy (non-hydrogen) atoms. The number of methoxy groups -OCH3 is 1. The number of rotatable bonds is 4. The standard InChI is InChI=1S/C18H21ClN2O2/c1-23-18-7-2-15(19)12-14(18)13-20-8-10-21(11-9-20)16-3-5-17(22)6-4-16/h2-7,12,22H,8-11,13H2,1H3. The number of halogens is 1. The SMILES string of the molecule is COc1ccc(Cl)cc1CN1CCN(c2ccc(O)cc2)CC1. The minimum absolute atomic E-state index is 0.306. The highest BCUT2D eigenvalue weighted by Crippen LogP contribution is 2.25. The molecule has 1 saturated heterocycles. The Morgan fingerprint density at radius 2 is 1.74 bits per heavy atom. The molecule has 2 aromatic rings. The summed E-state index contributed by atoms with van der Waals surface area (Å²) in [5.41, 5.74) is 2.28. The van der Waals surface area contributed by atoms with Crippen molar-refractivity contribution in [1.29, 1.82) is 0 Å². The Balaban J connectivity index is 1.61. The molecule has 1 aliphatic rings. The zero-order chi connectivity index (χ0) is 16.2. The first-order valence-electron chi connectivity index (χ1n) is 7.74. The number of hydrogen-bond acceptors (Lipinski definition) is 4. The fourth-order valence-electron chi connectivity index (χ4n) is 2.94. The highest BCUT2D eigenvalue weighted by molar-refractivity contribution is 6.30. The van der Waals surface area contributed by atoms with Gasteiger partial charge >= 0.3 is 0 Å². The number of ether oxygens (including phenoxy) is 1. The van der Waals surface area contributed by atoms with Crippen molar-refractivity contribution in [3.63, 3.8) is 0 Å². The van der Waals surface area contributed by atoms with Crippen LogP contribution in [0.3, 0.4) is 0 Å². The molecule has 2 aromatic carbocycles. The van der Waals surface area contributed by atoms with Crippen molar-refractivity contribution in [3.05, 3.63) is 53.1 Å². The van der Waals surface area contributed by atoms with Gasteiger partial charge in [0.15, 0.2) is 0 Å². The summed E-state index contributed by atoms with van der Waals surface area (Å²) >= 11 is 6.10. The lowest BCUT2D eigenvalue weighted by Gasteiger charge is -2.36. The molecule has 1 aliphatic heterocycles. The van der Waals surface area contributed by atoms with Gasteiger partial charge in [-0.2, -0.15) is 0 Å². The van der Waals surface area contributed by atoms with E-state index < -0.39 is 0 Å². The van der Waals surface area contributed by atoms with Gasteiger partial charge < -0.3 is 14.7 Å². The molecule has 0 spiro atoms. The molecule has 4 nitrogen and oxygen atoms in total. The summed E-state index contributed by atoms with van der Waals surface area (Å²) in [7, 11) is 1.69. The van der Waals surface area contributed by atoms with Crippen LogP contribution in [-0.4, -0.2) is 43.3 Å². The van der Waals surface area contributed by atoms with Gasteiger partial charge in [-0.1, -0.05) is 11.6 Å². The second-order valence-electron chi connectivity index (χ2n) is 5.74. The van der Waals surface area contributed by atoms with Gasteiger partial charge in [0.25, 0.3) is 0 Å². The van der Waals surface area contributed by atoms with Crippen LogP contribution in [0.5, 0.6) is 11.5 Å². The van der Waals surface area contributed by atoms with E-state index in [2.05, 4.69) is 9.80 Å². The van der Waals surface area contributed by atoms with E-state index in [1.54, 1.807) is 19.2 Å². The van der Waals surface area contributed by atoms with Crippen LogP contribution in [0.1, 0.15) is 5.56 Å². The maximum Gasteiger partial charge on any atom is 0.123 e. The predicted octanol–water partition coefficient (Wildman–Crippen LogP) is 3.38. The molecule has 3 rings (SSSR count). The normalized spacial score (nSPS) is 15.7. The second kappa shape index (κ2) is 7.11. The van der Waals surface area contributed by atoms with Gasteiger partial charge in [-0.3, -0.25) is 4.90 Å². The molecular formula is C18H21ClN2O2. The molecule has 122 valence electrons. The van der Waals surface area contributed by atoms with Crippen molar-refractivity contribution >= 4 is 17.3 Å². The number of anilines is 1. The Hall–Kier alpha value is -1.91. The molecule has 0 radical (unpaired) electrons. The highest BCUT2D eigenvalue weighted by Gasteiger charge is 2.18. The third kappa shape index (κ3) is 3.89. The highest BCUT2D eigenvalue weighted by atomic mass is 35.5. The van der Waals surface area contributed by atoms with Gasteiger partial charge in [-0.05, 0) is 42.5 Å². The maximum atomic E-state index is 9.38. The summed E-state index contributed by atoms with van der Waals surface area (Å²) in [5, 5.41) is 10.1.